The summed E-state index contributed by atoms with van der Waals surface area (Å²) in [5.74, 6) is 1.19. The molecule has 2 N–H and O–H groups in total. The van der Waals surface area contributed by atoms with Crippen molar-refractivity contribution in [2.75, 3.05) is 6.54 Å². The third-order valence-corrected chi connectivity index (χ3v) is 6.33. The van der Waals surface area contributed by atoms with Crippen molar-refractivity contribution in [1.82, 2.24) is 15.5 Å². The lowest BCUT2D eigenvalue weighted by atomic mass is 9.75. The Balaban J connectivity index is 1.17. The van der Waals surface area contributed by atoms with E-state index in [1.807, 2.05) is 0 Å². The molecule has 0 aliphatic heterocycles. The average Bonchev–Trinajstić information content (AvgIpc) is 3.50. The summed E-state index contributed by atoms with van der Waals surface area (Å²) >= 11 is 0. The van der Waals surface area contributed by atoms with E-state index < -0.39 is 5.97 Å². The van der Waals surface area contributed by atoms with Crippen LogP contribution in [0.4, 0.5) is 0 Å². The Hall–Kier alpha value is -2.21. The molecule has 0 saturated heterocycles. The van der Waals surface area contributed by atoms with E-state index in [2.05, 4.69) is 45.8 Å². The second kappa shape index (κ2) is 5.91. The average molecular weight is 353 g/mol. The molecule has 0 bridgehead atoms. The molecule has 0 radical (unpaired) electrons. The predicted octanol–water partition coefficient (Wildman–Crippen LogP) is 2.83. The summed E-state index contributed by atoms with van der Waals surface area (Å²) in [5, 5.41) is 16.9. The molecular formula is C20H23N3O3. The number of rotatable bonds is 7. The van der Waals surface area contributed by atoms with Crippen LogP contribution in [0.3, 0.4) is 0 Å². The molecule has 1 heterocycles. The summed E-state index contributed by atoms with van der Waals surface area (Å²) in [7, 11) is 0. The van der Waals surface area contributed by atoms with Crippen LogP contribution in [-0.4, -0.2) is 33.8 Å². The molecule has 0 amide bonds. The van der Waals surface area contributed by atoms with Gasteiger partial charge in [-0.25, -0.2) is 0 Å². The van der Waals surface area contributed by atoms with Crippen molar-refractivity contribution in [2.45, 2.75) is 55.4 Å². The van der Waals surface area contributed by atoms with Crippen LogP contribution in [0.15, 0.2) is 34.9 Å². The largest absolute Gasteiger partial charge is 0.481 e. The summed E-state index contributed by atoms with van der Waals surface area (Å²) in [6.45, 7) is 0.891. The molecule has 136 valence electrons. The number of aliphatic carboxylic acids is 1. The first kappa shape index (κ1) is 16.0. The van der Waals surface area contributed by atoms with Gasteiger partial charge in [-0.15, -0.1) is 0 Å². The standard InChI is InChI=1S/C20H23N3O3/c24-18(25)14-8-13(9-14)17-22-19(23-26-17)20(6-7-20)11-21-16-10-15(16)12-4-2-1-3-5-12/h1-5,13-16,21H,6-11H2,(H,24,25)/t13?,14?,15?,16-/m1/s1. The second-order valence-corrected chi connectivity index (χ2v) is 8.18. The van der Waals surface area contributed by atoms with E-state index in [1.54, 1.807) is 0 Å². The lowest BCUT2D eigenvalue weighted by molar-refractivity contribution is -0.145. The molecule has 6 nitrogen and oxygen atoms in total. The highest BCUT2D eigenvalue weighted by Gasteiger charge is 2.51. The number of hydrogen-bond acceptors (Lipinski definition) is 5. The Labute approximate surface area is 152 Å². The minimum atomic E-state index is -0.721. The summed E-state index contributed by atoms with van der Waals surface area (Å²) in [4.78, 5) is 15.6. The van der Waals surface area contributed by atoms with Gasteiger partial charge in [-0.05, 0) is 37.7 Å². The van der Waals surface area contributed by atoms with Crippen molar-refractivity contribution in [2.24, 2.45) is 5.92 Å². The highest BCUT2D eigenvalue weighted by molar-refractivity contribution is 5.71. The Morgan fingerprint density at radius 1 is 1.23 bits per heavy atom. The number of benzene rings is 1. The van der Waals surface area contributed by atoms with Crippen LogP contribution in [0.25, 0.3) is 0 Å². The molecule has 1 unspecified atom stereocenters. The highest BCUT2D eigenvalue weighted by Crippen LogP contribution is 2.49. The van der Waals surface area contributed by atoms with E-state index in [9.17, 15) is 4.79 Å². The molecule has 1 aromatic heterocycles. The predicted molar refractivity (Wildman–Crippen MR) is 93.9 cm³/mol. The van der Waals surface area contributed by atoms with E-state index >= 15 is 0 Å². The Bertz CT molecular complexity index is 809. The molecule has 3 fully saturated rings. The molecule has 3 aliphatic rings. The third kappa shape index (κ3) is 2.82. The number of carboxylic acid groups (broad SMARTS) is 1. The number of aromatic nitrogens is 2. The number of carboxylic acids is 1. The fraction of sp³-hybridized carbons (Fsp3) is 0.550. The monoisotopic (exact) mass is 353 g/mol. The molecule has 5 rings (SSSR count). The van der Waals surface area contributed by atoms with Gasteiger partial charge in [-0.3, -0.25) is 4.79 Å². The fourth-order valence-corrected chi connectivity index (χ4v) is 4.08. The van der Waals surface area contributed by atoms with E-state index in [-0.39, 0.29) is 17.3 Å². The van der Waals surface area contributed by atoms with E-state index in [1.165, 1.54) is 12.0 Å². The molecule has 0 spiro atoms. The van der Waals surface area contributed by atoms with Crippen LogP contribution in [0.1, 0.15) is 61.2 Å². The molecule has 3 saturated carbocycles. The van der Waals surface area contributed by atoms with Crippen LogP contribution in [0.2, 0.25) is 0 Å². The zero-order valence-electron chi connectivity index (χ0n) is 14.6. The Morgan fingerprint density at radius 2 is 2.00 bits per heavy atom. The van der Waals surface area contributed by atoms with Crippen LogP contribution >= 0.6 is 0 Å². The summed E-state index contributed by atoms with van der Waals surface area (Å²) in [5.41, 5.74) is 1.43. The number of nitrogens with zero attached hydrogens (tertiary/aromatic N) is 2. The van der Waals surface area contributed by atoms with E-state index in [4.69, 9.17) is 9.63 Å². The van der Waals surface area contributed by atoms with Gasteiger partial charge in [0, 0.05) is 29.8 Å². The van der Waals surface area contributed by atoms with Crippen molar-refractivity contribution in [3.8, 4) is 0 Å². The first-order valence-electron chi connectivity index (χ1n) is 9.50. The van der Waals surface area contributed by atoms with Gasteiger partial charge in [0.1, 0.15) is 0 Å². The Morgan fingerprint density at radius 3 is 2.69 bits per heavy atom. The smallest absolute Gasteiger partial charge is 0.306 e. The molecule has 6 heteroatoms. The molecule has 3 aliphatic carbocycles. The van der Waals surface area contributed by atoms with Crippen LogP contribution in [-0.2, 0) is 10.2 Å². The van der Waals surface area contributed by atoms with Crippen molar-refractivity contribution in [3.63, 3.8) is 0 Å². The van der Waals surface area contributed by atoms with Crippen LogP contribution in [0.5, 0.6) is 0 Å². The number of carbonyl (C=O) groups is 1. The van der Waals surface area contributed by atoms with Crippen LogP contribution < -0.4 is 5.32 Å². The maximum Gasteiger partial charge on any atom is 0.306 e. The summed E-state index contributed by atoms with van der Waals surface area (Å²) in [6, 6.07) is 11.2. The van der Waals surface area contributed by atoms with Gasteiger partial charge in [0.05, 0.1) is 5.92 Å². The molecule has 2 aromatic rings. The van der Waals surface area contributed by atoms with Crippen LogP contribution in [0, 0.1) is 5.92 Å². The number of nitrogens with one attached hydrogen (secondary N) is 1. The van der Waals surface area contributed by atoms with Gasteiger partial charge in [0.2, 0.25) is 5.89 Å². The SMILES string of the molecule is O=C(O)C1CC(c2nc(C3(CN[C@@H]4CC4c4ccccc4)CC3)no2)C1. The van der Waals surface area contributed by atoms with Crippen molar-refractivity contribution in [3.05, 3.63) is 47.6 Å². The minimum absolute atomic E-state index is 0.0154. The van der Waals surface area contributed by atoms with E-state index in [0.29, 0.717) is 30.7 Å². The normalized spacial score (nSPS) is 31.2. The van der Waals surface area contributed by atoms with Gasteiger partial charge < -0.3 is 14.9 Å². The quantitative estimate of drug-likeness (QED) is 0.796. The van der Waals surface area contributed by atoms with Gasteiger partial charge in [-0.1, -0.05) is 35.5 Å². The fourth-order valence-electron chi connectivity index (χ4n) is 4.08. The first-order chi connectivity index (χ1) is 12.6. The minimum Gasteiger partial charge on any atom is -0.481 e. The summed E-state index contributed by atoms with van der Waals surface area (Å²) < 4.78 is 5.45. The number of hydrogen-bond donors (Lipinski definition) is 2. The van der Waals surface area contributed by atoms with Gasteiger partial charge in [0.25, 0.3) is 0 Å². The van der Waals surface area contributed by atoms with Crippen molar-refractivity contribution < 1.29 is 14.4 Å². The lowest BCUT2D eigenvalue weighted by Gasteiger charge is -2.28. The molecular weight excluding hydrogens is 330 g/mol. The maximum atomic E-state index is 10.9. The third-order valence-electron chi connectivity index (χ3n) is 6.33. The maximum absolute atomic E-state index is 10.9. The molecule has 1 aromatic carbocycles. The molecule has 26 heavy (non-hydrogen) atoms. The first-order valence-corrected chi connectivity index (χ1v) is 9.50. The van der Waals surface area contributed by atoms with Gasteiger partial charge >= 0.3 is 5.97 Å². The van der Waals surface area contributed by atoms with Gasteiger partial charge in [0.15, 0.2) is 5.82 Å². The summed E-state index contributed by atoms with van der Waals surface area (Å²) in [6.07, 6.45) is 4.59. The zero-order valence-corrected chi connectivity index (χ0v) is 14.6. The molecule has 2 atom stereocenters. The topological polar surface area (TPSA) is 88.2 Å². The highest BCUT2D eigenvalue weighted by atomic mass is 16.5. The van der Waals surface area contributed by atoms with Crippen molar-refractivity contribution in [1.29, 1.82) is 0 Å². The lowest BCUT2D eigenvalue weighted by Crippen LogP contribution is -2.30. The zero-order chi connectivity index (χ0) is 17.7. The van der Waals surface area contributed by atoms with Crippen molar-refractivity contribution >= 4 is 5.97 Å². The van der Waals surface area contributed by atoms with Gasteiger partial charge in [-0.2, -0.15) is 4.98 Å². The Kier molecular flexibility index (Phi) is 3.64. The second-order valence-electron chi connectivity index (χ2n) is 8.18. The van der Waals surface area contributed by atoms with E-state index in [0.717, 1.165) is 25.2 Å².